The Kier molecular flexibility index (Phi) is 3.29. The molecule has 0 heterocycles. The molecule has 0 fully saturated rings. The van der Waals surface area contributed by atoms with Crippen molar-refractivity contribution in [1.82, 2.24) is 0 Å². The van der Waals surface area contributed by atoms with Crippen molar-refractivity contribution < 1.29 is 10.0 Å². The van der Waals surface area contributed by atoms with Gasteiger partial charge in [0.05, 0.1) is 0 Å². The summed E-state index contributed by atoms with van der Waals surface area (Å²) in [6.45, 7) is 0. The highest BCUT2D eigenvalue weighted by atomic mass is 35.5. The number of hydrogen-bond donors (Lipinski definition) is 2. The Labute approximate surface area is 99.3 Å². The lowest BCUT2D eigenvalue weighted by Gasteiger charge is -2.03. The molecule has 2 N–H and O–H groups in total. The van der Waals surface area contributed by atoms with E-state index in [9.17, 15) is 0 Å². The minimum atomic E-state index is -1.42. The molecule has 0 aliphatic carbocycles. The molecule has 16 heavy (non-hydrogen) atoms. The summed E-state index contributed by atoms with van der Waals surface area (Å²) in [4.78, 5) is 0. The van der Waals surface area contributed by atoms with Gasteiger partial charge >= 0.3 is 7.12 Å². The Morgan fingerprint density at radius 1 is 0.750 bits per heavy atom. The van der Waals surface area contributed by atoms with Gasteiger partial charge in [-0.3, -0.25) is 0 Å². The summed E-state index contributed by atoms with van der Waals surface area (Å²) in [5.74, 6) is 0. The quantitative estimate of drug-likeness (QED) is 0.774. The van der Waals surface area contributed by atoms with Crippen LogP contribution in [-0.2, 0) is 0 Å². The Morgan fingerprint density at radius 2 is 1.19 bits per heavy atom. The summed E-state index contributed by atoms with van der Waals surface area (Å²) < 4.78 is 0. The van der Waals surface area contributed by atoms with Gasteiger partial charge in [-0.25, -0.2) is 0 Å². The first kappa shape index (κ1) is 11.2. The van der Waals surface area contributed by atoms with Gasteiger partial charge in [0.1, 0.15) is 0 Å². The molecule has 0 unspecified atom stereocenters. The van der Waals surface area contributed by atoms with Crippen molar-refractivity contribution in [3.63, 3.8) is 0 Å². The van der Waals surface area contributed by atoms with Crippen molar-refractivity contribution in [2.75, 3.05) is 0 Å². The minimum Gasteiger partial charge on any atom is -0.423 e. The van der Waals surface area contributed by atoms with E-state index < -0.39 is 7.12 Å². The number of benzene rings is 2. The molecule has 2 aromatic rings. The van der Waals surface area contributed by atoms with E-state index in [0.29, 0.717) is 10.5 Å². The third-order valence-electron chi connectivity index (χ3n) is 2.39. The van der Waals surface area contributed by atoms with Gasteiger partial charge < -0.3 is 10.0 Å². The molecule has 0 atom stereocenters. The van der Waals surface area contributed by atoms with Crippen molar-refractivity contribution in [3.8, 4) is 11.1 Å². The van der Waals surface area contributed by atoms with Crippen LogP contribution >= 0.6 is 11.6 Å². The minimum absolute atomic E-state index is 0.484. The molecule has 2 nitrogen and oxygen atoms in total. The van der Waals surface area contributed by atoms with Crippen LogP contribution in [0.2, 0.25) is 5.02 Å². The first-order valence-corrected chi connectivity index (χ1v) is 5.26. The molecule has 4 heteroatoms. The maximum Gasteiger partial charge on any atom is 0.488 e. The molecule has 0 spiro atoms. The van der Waals surface area contributed by atoms with Gasteiger partial charge in [-0.1, -0.05) is 48.0 Å². The number of rotatable bonds is 2. The molecule has 0 bridgehead atoms. The van der Waals surface area contributed by atoms with Crippen molar-refractivity contribution in [2.45, 2.75) is 0 Å². The molecule has 0 aliphatic heterocycles. The third-order valence-corrected chi connectivity index (χ3v) is 2.64. The fourth-order valence-electron chi connectivity index (χ4n) is 1.49. The van der Waals surface area contributed by atoms with Gasteiger partial charge in [0, 0.05) is 5.02 Å². The van der Waals surface area contributed by atoms with Crippen LogP contribution in [0.5, 0.6) is 0 Å². The predicted molar refractivity (Wildman–Crippen MR) is 66.7 cm³/mol. The maximum atomic E-state index is 8.96. The van der Waals surface area contributed by atoms with Crippen LogP contribution in [-0.4, -0.2) is 17.2 Å². The molecular weight excluding hydrogens is 222 g/mol. The molecule has 0 saturated carbocycles. The lowest BCUT2D eigenvalue weighted by molar-refractivity contribution is 0.426. The van der Waals surface area contributed by atoms with E-state index >= 15 is 0 Å². The molecule has 2 rings (SSSR count). The van der Waals surface area contributed by atoms with Crippen LogP contribution < -0.4 is 5.46 Å². The fourth-order valence-corrected chi connectivity index (χ4v) is 1.62. The van der Waals surface area contributed by atoms with Gasteiger partial charge in [0.25, 0.3) is 0 Å². The van der Waals surface area contributed by atoms with E-state index in [1.807, 2.05) is 36.4 Å². The van der Waals surface area contributed by atoms with Gasteiger partial charge in [0.2, 0.25) is 0 Å². The zero-order chi connectivity index (χ0) is 11.5. The first-order valence-electron chi connectivity index (χ1n) is 4.89. The van der Waals surface area contributed by atoms with Crippen molar-refractivity contribution in [1.29, 1.82) is 0 Å². The van der Waals surface area contributed by atoms with Crippen LogP contribution in [0.15, 0.2) is 48.5 Å². The van der Waals surface area contributed by atoms with Crippen molar-refractivity contribution in [3.05, 3.63) is 53.6 Å². The Morgan fingerprint density at radius 3 is 1.62 bits per heavy atom. The van der Waals surface area contributed by atoms with Gasteiger partial charge in [-0.15, -0.1) is 0 Å². The molecule has 80 valence electrons. The fraction of sp³-hybridized carbons (Fsp3) is 0. The molecule has 0 saturated heterocycles. The lowest BCUT2D eigenvalue weighted by Crippen LogP contribution is -2.29. The predicted octanol–water partition coefficient (Wildman–Crippen LogP) is 1.69. The summed E-state index contributed by atoms with van der Waals surface area (Å²) in [6, 6.07) is 14.6. The van der Waals surface area contributed by atoms with Crippen molar-refractivity contribution in [2.24, 2.45) is 0 Å². The molecule has 2 aromatic carbocycles. The highest BCUT2D eigenvalue weighted by molar-refractivity contribution is 6.58. The Hall–Kier alpha value is -1.29. The van der Waals surface area contributed by atoms with E-state index in [2.05, 4.69) is 0 Å². The van der Waals surface area contributed by atoms with Crippen LogP contribution in [0.3, 0.4) is 0 Å². The second-order valence-corrected chi connectivity index (χ2v) is 3.94. The Balaban J connectivity index is 2.31. The van der Waals surface area contributed by atoms with E-state index in [1.165, 1.54) is 0 Å². The van der Waals surface area contributed by atoms with Crippen LogP contribution in [0.25, 0.3) is 11.1 Å². The number of hydrogen-bond acceptors (Lipinski definition) is 2. The smallest absolute Gasteiger partial charge is 0.423 e. The second-order valence-electron chi connectivity index (χ2n) is 3.50. The summed E-state index contributed by atoms with van der Waals surface area (Å²) in [7, 11) is -1.42. The first-order chi connectivity index (χ1) is 7.66. The van der Waals surface area contributed by atoms with E-state index in [4.69, 9.17) is 21.6 Å². The maximum absolute atomic E-state index is 8.96. The Bertz CT molecular complexity index is 465. The van der Waals surface area contributed by atoms with Crippen LogP contribution in [0.1, 0.15) is 0 Å². The summed E-state index contributed by atoms with van der Waals surface area (Å²) >= 11 is 5.80. The van der Waals surface area contributed by atoms with Gasteiger partial charge in [0.15, 0.2) is 0 Å². The standard InChI is InChI=1S/C12H10BClO2/c14-12-7-3-10(4-8-12)9-1-5-11(6-2-9)13(15)16/h1-8,15-16H. The number of halogens is 1. The molecule has 0 aromatic heterocycles. The summed E-state index contributed by atoms with van der Waals surface area (Å²) in [5, 5.41) is 18.6. The van der Waals surface area contributed by atoms with E-state index in [1.54, 1.807) is 12.1 Å². The molecule has 0 aliphatic rings. The molecule has 0 amide bonds. The zero-order valence-corrected chi connectivity index (χ0v) is 9.22. The SMILES string of the molecule is OB(O)c1ccc(-c2ccc(Cl)cc2)cc1. The third kappa shape index (κ3) is 2.45. The normalized spacial score (nSPS) is 10.2. The van der Waals surface area contributed by atoms with Gasteiger partial charge in [-0.05, 0) is 28.7 Å². The van der Waals surface area contributed by atoms with Crippen molar-refractivity contribution >= 4 is 24.2 Å². The van der Waals surface area contributed by atoms with Gasteiger partial charge in [-0.2, -0.15) is 0 Å². The lowest BCUT2D eigenvalue weighted by atomic mass is 9.80. The topological polar surface area (TPSA) is 40.5 Å². The molecule has 0 radical (unpaired) electrons. The molecular formula is C12H10BClO2. The average Bonchev–Trinajstić information content (AvgIpc) is 2.30. The van der Waals surface area contributed by atoms with Crippen LogP contribution in [0.4, 0.5) is 0 Å². The second kappa shape index (κ2) is 4.70. The highest BCUT2D eigenvalue weighted by Gasteiger charge is 2.09. The summed E-state index contributed by atoms with van der Waals surface area (Å²) in [5.41, 5.74) is 2.54. The highest BCUT2D eigenvalue weighted by Crippen LogP contribution is 2.20. The van der Waals surface area contributed by atoms with E-state index in [-0.39, 0.29) is 0 Å². The average molecular weight is 232 g/mol. The zero-order valence-electron chi connectivity index (χ0n) is 8.47. The van der Waals surface area contributed by atoms with Crippen LogP contribution in [0, 0.1) is 0 Å². The largest absolute Gasteiger partial charge is 0.488 e. The summed E-state index contributed by atoms with van der Waals surface area (Å²) in [6.07, 6.45) is 0. The van der Waals surface area contributed by atoms with E-state index in [0.717, 1.165) is 11.1 Å². The monoisotopic (exact) mass is 232 g/mol.